The quantitative estimate of drug-likeness (QED) is 0.809. The Balaban J connectivity index is 1.65. The summed E-state index contributed by atoms with van der Waals surface area (Å²) in [5.41, 5.74) is 1.11. The maximum Gasteiger partial charge on any atom is 0.126 e. The van der Waals surface area contributed by atoms with Crippen LogP contribution in [0.1, 0.15) is 11.6 Å². The van der Waals surface area contributed by atoms with Gasteiger partial charge in [0.2, 0.25) is 0 Å². The highest BCUT2D eigenvalue weighted by atomic mass is 16.5. The molecule has 0 unspecified atom stereocenters. The molecule has 0 saturated carbocycles. The van der Waals surface area contributed by atoms with E-state index in [1.165, 1.54) is 0 Å². The van der Waals surface area contributed by atoms with E-state index in [9.17, 15) is 0 Å². The number of hydrogen-bond acceptors (Lipinski definition) is 5. The van der Waals surface area contributed by atoms with Crippen LogP contribution in [0.3, 0.4) is 0 Å². The van der Waals surface area contributed by atoms with Crippen LogP contribution in [-0.2, 0) is 0 Å². The molecule has 0 aliphatic carbocycles. The molecule has 1 aliphatic heterocycles. The summed E-state index contributed by atoms with van der Waals surface area (Å²) in [6.07, 6.45) is 8.03. The lowest BCUT2D eigenvalue weighted by Gasteiger charge is -2.24. The van der Waals surface area contributed by atoms with E-state index in [0.29, 0.717) is 12.1 Å². The van der Waals surface area contributed by atoms with Gasteiger partial charge in [-0.25, -0.2) is 4.68 Å². The summed E-state index contributed by atoms with van der Waals surface area (Å²) in [6.45, 7) is 2.91. The number of benzene rings is 1. The molecule has 6 heteroatoms. The number of ether oxygens (including phenoxy) is 1. The third kappa shape index (κ3) is 3.66. The van der Waals surface area contributed by atoms with Crippen LogP contribution in [0.2, 0.25) is 0 Å². The van der Waals surface area contributed by atoms with E-state index in [0.717, 1.165) is 30.9 Å². The van der Waals surface area contributed by atoms with Crippen LogP contribution in [0.25, 0.3) is 6.08 Å². The van der Waals surface area contributed by atoms with Crippen molar-refractivity contribution in [2.45, 2.75) is 12.1 Å². The first-order valence-electron chi connectivity index (χ1n) is 8.23. The summed E-state index contributed by atoms with van der Waals surface area (Å²) in [7, 11) is 5.96. The highest BCUT2D eigenvalue weighted by molar-refractivity contribution is 5.57. The average molecular weight is 327 g/mol. The molecule has 0 radical (unpaired) electrons. The predicted molar refractivity (Wildman–Crippen MR) is 95.0 cm³/mol. The van der Waals surface area contributed by atoms with Gasteiger partial charge < -0.3 is 9.64 Å². The molecule has 1 aromatic heterocycles. The zero-order valence-electron chi connectivity index (χ0n) is 14.5. The molecule has 0 spiro atoms. The number of hydrogen-bond donors (Lipinski definition) is 0. The van der Waals surface area contributed by atoms with Crippen molar-refractivity contribution in [2.75, 3.05) is 40.8 Å². The molecule has 3 rings (SSSR count). The van der Waals surface area contributed by atoms with Crippen molar-refractivity contribution in [3.8, 4) is 5.75 Å². The van der Waals surface area contributed by atoms with Crippen LogP contribution in [0, 0.1) is 0 Å². The summed E-state index contributed by atoms with van der Waals surface area (Å²) in [5.74, 6) is 0.904. The van der Waals surface area contributed by atoms with Gasteiger partial charge in [0.1, 0.15) is 5.75 Å². The lowest BCUT2D eigenvalue weighted by Crippen LogP contribution is -2.36. The van der Waals surface area contributed by atoms with Crippen molar-refractivity contribution in [3.63, 3.8) is 0 Å². The zero-order chi connectivity index (χ0) is 16.9. The van der Waals surface area contributed by atoms with E-state index in [1.54, 1.807) is 13.3 Å². The molecule has 128 valence electrons. The molecular weight excluding hydrogens is 302 g/mol. The largest absolute Gasteiger partial charge is 0.496 e. The molecule has 0 N–H and O–H groups in total. The van der Waals surface area contributed by atoms with Crippen molar-refractivity contribution in [3.05, 3.63) is 48.3 Å². The van der Waals surface area contributed by atoms with Gasteiger partial charge in [-0.1, -0.05) is 35.6 Å². The second kappa shape index (κ2) is 7.59. The topological polar surface area (TPSA) is 46.4 Å². The van der Waals surface area contributed by atoms with Gasteiger partial charge in [0.05, 0.1) is 19.3 Å². The van der Waals surface area contributed by atoms with Gasteiger partial charge in [-0.05, 0) is 20.2 Å². The van der Waals surface area contributed by atoms with Crippen LogP contribution >= 0.6 is 0 Å². The Kier molecular flexibility index (Phi) is 5.27. The Hall–Kier alpha value is -2.18. The van der Waals surface area contributed by atoms with Crippen molar-refractivity contribution in [2.24, 2.45) is 0 Å². The number of nitrogens with zero attached hydrogens (tertiary/aromatic N) is 5. The fraction of sp³-hybridized carbons (Fsp3) is 0.444. The minimum Gasteiger partial charge on any atom is -0.496 e. The van der Waals surface area contributed by atoms with Crippen LogP contribution in [0.15, 0.2) is 42.7 Å². The average Bonchev–Trinajstić information content (AvgIpc) is 3.24. The first kappa shape index (κ1) is 16.7. The third-order valence-corrected chi connectivity index (χ3v) is 4.58. The van der Waals surface area contributed by atoms with Crippen molar-refractivity contribution in [1.82, 2.24) is 24.8 Å². The Morgan fingerprint density at radius 3 is 2.83 bits per heavy atom. The lowest BCUT2D eigenvalue weighted by atomic mass is 10.1. The lowest BCUT2D eigenvalue weighted by molar-refractivity contribution is 0.239. The van der Waals surface area contributed by atoms with Crippen LogP contribution < -0.4 is 4.74 Å². The minimum absolute atomic E-state index is 0.335. The van der Waals surface area contributed by atoms with Crippen molar-refractivity contribution >= 4 is 6.08 Å². The molecule has 2 aromatic rings. The fourth-order valence-corrected chi connectivity index (χ4v) is 3.29. The number of likely N-dealkylation sites (N-methyl/N-ethyl adjacent to an activating group) is 1. The van der Waals surface area contributed by atoms with E-state index in [2.05, 4.69) is 52.4 Å². The maximum absolute atomic E-state index is 5.39. The van der Waals surface area contributed by atoms with E-state index < -0.39 is 0 Å². The van der Waals surface area contributed by atoms with Gasteiger partial charge in [-0.15, -0.1) is 5.10 Å². The number of aromatic nitrogens is 3. The van der Waals surface area contributed by atoms with E-state index in [-0.39, 0.29) is 0 Å². The Morgan fingerprint density at radius 1 is 1.29 bits per heavy atom. The van der Waals surface area contributed by atoms with Gasteiger partial charge in [0, 0.05) is 37.4 Å². The highest BCUT2D eigenvalue weighted by Crippen LogP contribution is 2.24. The molecule has 6 nitrogen and oxygen atoms in total. The van der Waals surface area contributed by atoms with Gasteiger partial charge in [0.25, 0.3) is 0 Å². The van der Waals surface area contributed by atoms with Crippen molar-refractivity contribution in [1.29, 1.82) is 0 Å². The van der Waals surface area contributed by atoms with Crippen LogP contribution in [-0.4, -0.2) is 71.7 Å². The molecular formula is C18H25N5O. The molecule has 2 atom stereocenters. The Morgan fingerprint density at radius 2 is 2.12 bits per heavy atom. The van der Waals surface area contributed by atoms with E-state index in [4.69, 9.17) is 4.74 Å². The molecule has 1 aromatic carbocycles. The monoisotopic (exact) mass is 327 g/mol. The predicted octanol–water partition coefficient (Wildman–Crippen LogP) is 1.79. The summed E-state index contributed by atoms with van der Waals surface area (Å²) in [4.78, 5) is 4.72. The minimum atomic E-state index is 0.335. The summed E-state index contributed by atoms with van der Waals surface area (Å²) < 4.78 is 7.37. The molecule has 2 heterocycles. The number of rotatable bonds is 6. The standard InChI is InChI=1S/C18H25N5O/c1-21(2)16-13-22(14-17(16)23-12-10-19-20-23)11-6-8-15-7-4-5-9-18(15)24-3/h4-10,12,16-17H,11,13-14H2,1-3H3/b8-6+/t16-,17+/m1/s1. The molecule has 1 saturated heterocycles. The Labute approximate surface area is 143 Å². The van der Waals surface area contributed by atoms with E-state index in [1.807, 2.05) is 29.1 Å². The normalized spacial score (nSPS) is 21.8. The van der Waals surface area contributed by atoms with Gasteiger partial charge in [0.15, 0.2) is 0 Å². The second-order valence-corrected chi connectivity index (χ2v) is 6.34. The first-order chi connectivity index (χ1) is 11.7. The van der Waals surface area contributed by atoms with Gasteiger partial charge in [-0.3, -0.25) is 4.90 Å². The van der Waals surface area contributed by atoms with E-state index >= 15 is 0 Å². The SMILES string of the molecule is COc1ccccc1/C=C/CN1C[C@@H](N(C)C)[C@@H](n2ccnn2)C1. The highest BCUT2D eigenvalue weighted by Gasteiger charge is 2.35. The van der Waals surface area contributed by atoms with Crippen molar-refractivity contribution < 1.29 is 4.74 Å². The smallest absolute Gasteiger partial charge is 0.126 e. The molecule has 24 heavy (non-hydrogen) atoms. The molecule has 0 amide bonds. The second-order valence-electron chi connectivity index (χ2n) is 6.34. The van der Waals surface area contributed by atoms with Crippen LogP contribution in [0.4, 0.5) is 0 Å². The molecule has 1 fully saturated rings. The fourth-order valence-electron chi connectivity index (χ4n) is 3.29. The third-order valence-electron chi connectivity index (χ3n) is 4.58. The first-order valence-corrected chi connectivity index (χ1v) is 8.23. The Bertz CT molecular complexity index is 668. The molecule has 0 bridgehead atoms. The van der Waals surface area contributed by atoms with Gasteiger partial charge in [-0.2, -0.15) is 0 Å². The zero-order valence-corrected chi connectivity index (χ0v) is 14.5. The summed E-state index contributed by atoms with van der Waals surface area (Å²) in [6, 6.07) is 8.84. The van der Waals surface area contributed by atoms with Gasteiger partial charge >= 0.3 is 0 Å². The number of para-hydroxylation sites is 1. The summed E-state index contributed by atoms with van der Waals surface area (Å²) >= 11 is 0. The molecule has 1 aliphatic rings. The number of likely N-dealkylation sites (tertiary alicyclic amines) is 1. The summed E-state index contributed by atoms with van der Waals surface area (Å²) in [5, 5.41) is 8.15. The van der Waals surface area contributed by atoms with Crippen LogP contribution in [0.5, 0.6) is 5.75 Å². The maximum atomic E-state index is 5.39. The number of methoxy groups -OCH3 is 1.